The van der Waals surface area contributed by atoms with Crippen LogP contribution in [0.5, 0.6) is 0 Å². The summed E-state index contributed by atoms with van der Waals surface area (Å²) in [5.74, 6) is 7.05. The first kappa shape index (κ1) is 15.2. The molecule has 1 aromatic heterocycles. The van der Waals surface area contributed by atoms with Crippen LogP contribution >= 0.6 is 24.8 Å². The van der Waals surface area contributed by atoms with Crippen molar-refractivity contribution in [1.82, 2.24) is 10.3 Å². The predicted molar refractivity (Wildman–Crippen MR) is 71.2 cm³/mol. The lowest BCUT2D eigenvalue weighted by Crippen LogP contribution is -2.26. The molecule has 1 saturated heterocycles. The second-order valence-corrected chi connectivity index (χ2v) is 3.54. The summed E-state index contributed by atoms with van der Waals surface area (Å²) in [5, 5.41) is 3.33. The molecular formula is C12H16Cl2N2. The summed E-state index contributed by atoms with van der Waals surface area (Å²) in [5.41, 5.74) is 1.02. The van der Waals surface area contributed by atoms with E-state index in [1.807, 2.05) is 18.3 Å². The number of nitrogens with one attached hydrogen (secondary N) is 1. The maximum absolute atomic E-state index is 4.03. The molecular weight excluding hydrogens is 243 g/mol. The van der Waals surface area contributed by atoms with Crippen molar-refractivity contribution in [2.24, 2.45) is 5.92 Å². The number of nitrogens with zero attached hydrogens (tertiary/aromatic N) is 1. The van der Waals surface area contributed by atoms with Crippen LogP contribution in [0.3, 0.4) is 0 Å². The molecule has 2 nitrogen and oxygen atoms in total. The maximum Gasteiger partial charge on any atom is 0.0428 e. The Kier molecular flexibility index (Phi) is 8.01. The molecule has 2 heterocycles. The average molecular weight is 259 g/mol. The van der Waals surface area contributed by atoms with Crippen LogP contribution in [-0.2, 0) is 0 Å². The minimum absolute atomic E-state index is 0. The Hall–Kier alpha value is -0.750. The second-order valence-electron chi connectivity index (χ2n) is 3.54. The molecule has 0 unspecified atom stereocenters. The van der Waals surface area contributed by atoms with Crippen molar-refractivity contribution in [2.45, 2.75) is 12.8 Å². The van der Waals surface area contributed by atoms with Crippen LogP contribution < -0.4 is 5.32 Å². The fraction of sp³-hybridized carbons (Fsp3) is 0.417. The number of rotatable bonds is 0. The Morgan fingerprint density at radius 3 is 2.62 bits per heavy atom. The van der Waals surface area contributed by atoms with Crippen LogP contribution in [-0.4, -0.2) is 18.1 Å². The molecule has 0 bridgehead atoms. The van der Waals surface area contributed by atoms with Crippen molar-refractivity contribution in [3.05, 3.63) is 30.1 Å². The minimum Gasteiger partial charge on any atom is -0.317 e. The maximum atomic E-state index is 4.03. The van der Waals surface area contributed by atoms with Gasteiger partial charge < -0.3 is 5.32 Å². The fourth-order valence-corrected chi connectivity index (χ4v) is 1.59. The number of pyridine rings is 1. The van der Waals surface area contributed by atoms with Crippen LogP contribution in [0.15, 0.2) is 24.5 Å². The first-order chi connectivity index (χ1) is 6.95. The summed E-state index contributed by atoms with van der Waals surface area (Å²) in [4.78, 5) is 4.03. The molecule has 1 aliphatic heterocycles. The van der Waals surface area contributed by atoms with Gasteiger partial charge in [0, 0.05) is 23.9 Å². The quantitative estimate of drug-likeness (QED) is 0.723. The number of hydrogen-bond donors (Lipinski definition) is 1. The Labute approximate surface area is 109 Å². The van der Waals surface area contributed by atoms with Crippen molar-refractivity contribution >= 4 is 24.8 Å². The monoisotopic (exact) mass is 258 g/mol. The summed E-state index contributed by atoms with van der Waals surface area (Å²) in [6.45, 7) is 2.21. The summed E-state index contributed by atoms with van der Waals surface area (Å²) in [6.07, 6.45) is 5.93. The lowest BCUT2D eigenvalue weighted by Gasteiger charge is -2.17. The molecule has 0 aromatic carbocycles. The molecule has 0 saturated carbocycles. The molecule has 16 heavy (non-hydrogen) atoms. The van der Waals surface area contributed by atoms with Crippen LogP contribution in [0.2, 0.25) is 0 Å². The first-order valence-electron chi connectivity index (χ1n) is 5.07. The smallest absolute Gasteiger partial charge is 0.0428 e. The van der Waals surface area contributed by atoms with E-state index in [-0.39, 0.29) is 24.8 Å². The van der Waals surface area contributed by atoms with Gasteiger partial charge in [0.25, 0.3) is 0 Å². The van der Waals surface area contributed by atoms with Gasteiger partial charge in [-0.1, -0.05) is 11.8 Å². The van der Waals surface area contributed by atoms with Gasteiger partial charge in [0.05, 0.1) is 0 Å². The van der Waals surface area contributed by atoms with E-state index < -0.39 is 0 Å². The third kappa shape index (κ3) is 4.85. The Morgan fingerprint density at radius 1 is 1.25 bits per heavy atom. The van der Waals surface area contributed by atoms with Crippen molar-refractivity contribution < 1.29 is 0 Å². The Bertz CT molecular complexity index is 337. The van der Waals surface area contributed by atoms with Crippen molar-refractivity contribution in [1.29, 1.82) is 0 Å². The molecule has 1 aromatic rings. The average Bonchev–Trinajstić information content (AvgIpc) is 2.29. The van der Waals surface area contributed by atoms with Gasteiger partial charge in [-0.15, -0.1) is 24.8 Å². The normalized spacial score (nSPS) is 15.0. The van der Waals surface area contributed by atoms with Crippen LogP contribution in [0, 0.1) is 17.8 Å². The Morgan fingerprint density at radius 2 is 2.00 bits per heavy atom. The highest BCUT2D eigenvalue weighted by atomic mass is 35.5. The Balaban J connectivity index is 0.00000112. The summed E-state index contributed by atoms with van der Waals surface area (Å²) < 4.78 is 0. The van der Waals surface area contributed by atoms with Crippen molar-refractivity contribution in [2.75, 3.05) is 13.1 Å². The highest BCUT2D eigenvalue weighted by molar-refractivity contribution is 5.85. The highest BCUT2D eigenvalue weighted by Gasteiger charge is 2.08. The number of halogens is 2. The third-order valence-electron chi connectivity index (χ3n) is 2.42. The van der Waals surface area contributed by atoms with Gasteiger partial charge in [-0.25, -0.2) is 0 Å². The van der Waals surface area contributed by atoms with Gasteiger partial charge in [0.2, 0.25) is 0 Å². The summed E-state index contributed by atoms with van der Waals surface area (Å²) >= 11 is 0. The zero-order chi connectivity index (χ0) is 9.64. The molecule has 0 amide bonds. The summed E-state index contributed by atoms with van der Waals surface area (Å²) in [6, 6.07) is 3.92. The van der Waals surface area contributed by atoms with E-state index in [9.17, 15) is 0 Å². The van der Waals surface area contributed by atoms with E-state index in [1.165, 1.54) is 12.8 Å². The lowest BCUT2D eigenvalue weighted by molar-refractivity contribution is 0.447. The van der Waals surface area contributed by atoms with Crippen molar-refractivity contribution in [3.63, 3.8) is 0 Å². The van der Waals surface area contributed by atoms with Gasteiger partial charge in [0.1, 0.15) is 0 Å². The molecule has 1 N–H and O–H groups in total. The number of hydrogen-bond acceptors (Lipinski definition) is 2. The second kappa shape index (κ2) is 8.41. The molecule has 1 aliphatic rings. The molecule has 0 spiro atoms. The molecule has 88 valence electrons. The van der Waals surface area contributed by atoms with E-state index in [0.29, 0.717) is 5.92 Å². The van der Waals surface area contributed by atoms with E-state index >= 15 is 0 Å². The zero-order valence-corrected chi connectivity index (χ0v) is 10.6. The molecule has 0 radical (unpaired) electrons. The lowest BCUT2D eigenvalue weighted by atomic mass is 9.99. The van der Waals surface area contributed by atoms with Gasteiger partial charge >= 0.3 is 0 Å². The van der Waals surface area contributed by atoms with Gasteiger partial charge in [-0.3, -0.25) is 4.98 Å². The van der Waals surface area contributed by atoms with E-state index in [2.05, 4.69) is 22.1 Å². The zero-order valence-electron chi connectivity index (χ0n) is 8.98. The van der Waals surface area contributed by atoms with Crippen LogP contribution in [0.4, 0.5) is 0 Å². The molecule has 2 rings (SSSR count). The number of aromatic nitrogens is 1. The first-order valence-corrected chi connectivity index (χ1v) is 5.07. The topological polar surface area (TPSA) is 24.9 Å². The van der Waals surface area contributed by atoms with E-state index in [0.717, 1.165) is 18.7 Å². The van der Waals surface area contributed by atoms with Crippen LogP contribution in [0.25, 0.3) is 0 Å². The fourth-order valence-electron chi connectivity index (χ4n) is 1.59. The van der Waals surface area contributed by atoms with Gasteiger partial charge in [-0.2, -0.15) is 0 Å². The van der Waals surface area contributed by atoms with E-state index in [1.54, 1.807) is 6.20 Å². The molecule has 0 aliphatic carbocycles. The standard InChI is InChI=1S/C12H14N2.2ClH/c1-2-12(10-14-7-1)4-3-11-5-8-13-9-6-11;;/h1-2,7,10-11,13H,5-6,8-9H2;2*1H. The molecule has 0 atom stereocenters. The van der Waals surface area contributed by atoms with Crippen LogP contribution in [0.1, 0.15) is 18.4 Å². The largest absolute Gasteiger partial charge is 0.317 e. The third-order valence-corrected chi connectivity index (χ3v) is 2.42. The van der Waals surface area contributed by atoms with Gasteiger partial charge in [0.15, 0.2) is 0 Å². The molecule has 1 fully saturated rings. The predicted octanol–water partition coefficient (Wildman–Crippen LogP) is 2.28. The SMILES string of the molecule is C(#CC1CCNCC1)c1cccnc1.Cl.Cl. The number of piperidine rings is 1. The van der Waals surface area contributed by atoms with Crippen molar-refractivity contribution in [3.8, 4) is 11.8 Å². The summed E-state index contributed by atoms with van der Waals surface area (Å²) in [7, 11) is 0. The molecule has 4 heteroatoms. The van der Waals surface area contributed by atoms with E-state index in [4.69, 9.17) is 0 Å². The minimum atomic E-state index is 0. The highest BCUT2D eigenvalue weighted by Crippen LogP contribution is 2.09. The van der Waals surface area contributed by atoms with Gasteiger partial charge in [-0.05, 0) is 38.1 Å².